The highest BCUT2D eigenvalue weighted by atomic mass is 16.5. The lowest BCUT2D eigenvalue weighted by Crippen LogP contribution is -2.56. The zero-order valence-corrected chi connectivity index (χ0v) is 29.6. The van der Waals surface area contributed by atoms with Crippen molar-refractivity contribution in [2.45, 2.75) is 122 Å². The summed E-state index contributed by atoms with van der Waals surface area (Å²) in [7, 11) is 0. The molecule has 4 atom stereocenters. The molecule has 0 spiro atoms. The zero-order valence-electron chi connectivity index (χ0n) is 29.6. The molecule has 5 heteroatoms. The average Bonchev–Trinajstić information content (AvgIpc) is 3.36. The van der Waals surface area contributed by atoms with Crippen molar-refractivity contribution in [1.29, 1.82) is 0 Å². The summed E-state index contributed by atoms with van der Waals surface area (Å²) >= 11 is 0. The number of hydrogen-bond donors (Lipinski definition) is 1. The fraction of sp³-hybridized carbons (Fsp3) is 0.524. The van der Waals surface area contributed by atoms with Gasteiger partial charge in [0.05, 0.1) is 16.6 Å². The SMILES string of the molecule is Cc1ccc2c(c1)C(C)(C)C1=[N+]2CC[C@@]2(C)C[C@@]3(C)O[C@@]4(C)CCN5C(=C4C=C3C=C12)C(C)(CCCCC(=O)O)c1cc(C)ccc15. The van der Waals surface area contributed by atoms with E-state index in [1.807, 2.05) is 0 Å². The largest absolute Gasteiger partial charge is 0.481 e. The number of rotatable bonds is 5. The molecule has 0 fully saturated rings. The molecule has 1 aliphatic carbocycles. The van der Waals surface area contributed by atoms with Crippen molar-refractivity contribution in [2.75, 3.05) is 18.0 Å². The first-order chi connectivity index (χ1) is 22.1. The van der Waals surface area contributed by atoms with Gasteiger partial charge in [0.25, 0.3) is 0 Å². The molecule has 0 aromatic heterocycles. The third kappa shape index (κ3) is 4.24. The highest BCUT2D eigenvalue weighted by Gasteiger charge is 2.61. The van der Waals surface area contributed by atoms with Crippen molar-refractivity contribution in [3.63, 3.8) is 0 Å². The molecule has 6 aliphatic rings. The molecular formula is C42H51N2O3+. The number of carboxylic acids is 1. The number of nitrogens with zero attached hydrogens (tertiary/aromatic N) is 2. The van der Waals surface area contributed by atoms with Crippen LogP contribution in [0, 0.1) is 19.3 Å². The molecule has 246 valence electrons. The van der Waals surface area contributed by atoms with Crippen LogP contribution in [0.1, 0.15) is 109 Å². The summed E-state index contributed by atoms with van der Waals surface area (Å²) in [4.78, 5) is 14.0. The van der Waals surface area contributed by atoms with Crippen LogP contribution in [-0.2, 0) is 20.4 Å². The monoisotopic (exact) mass is 631 g/mol. The number of hydrogen-bond acceptors (Lipinski definition) is 3. The quantitative estimate of drug-likeness (QED) is 0.264. The van der Waals surface area contributed by atoms with Crippen LogP contribution in [0.15, 0.2) is 71.0 Å². The summed E-state index contributed by atoms with van der Waals surface area (Å²) in [5.41, 5.74) is 14.0. The maximum atomic E-state index is 11.4. The fourth-order valence-corrected chi connectivity index (χ4v) is 10.6. The zero-order chi connectivity index (χ0) is 33.3. The number of unbranched alkanes of at least 4 members (excludes halogenated alkanes) is 1. The second-order valence-electron chi connectivity index (χ2n) is 17.0. The lowest BCUT2D eigenvalue weighted by Gasteiger charge is -2.55. The summed E-state index contributed by atoms with van der Waals surface area (Å²) < 4.78 is 10.1. The first-order valence-electron chi connectivity index (χ1n) is 17.9. The molecule has 0 saturated carbocycles. The Bertz CT molecular complexity index is 1890. The van der Waals surface area contributed by atoms with E-state index in [1.54, 1.807) is 0 Å². The molecule has 0 bridgehead atoms. The number of fused-ring (bicyclic) bond motifs is 9. The van der Waals surface area contributed by atoms with Crippen LogP contribution in [0.5, 0.6) is 0 Å². The predicted molar refractivity (Wildman–Crippen MR) is 189 cm³/mol. The van der Waals surface area contributed by atoms with Crippen LogP contribution < -0.4 is 4.90 Å². The molecule has 0 amide bonds. The molecule has 5 heterocycles. The number of allylic oxidation sites excluding steroid dienone is 2. The Morgan fingerprint density at radius 2 is 1.64 bits per heavy atom. The maximum Gasteiger partial charge on any atom is 0.303 e. The molecule has 2 aromatic carbocycles. The second kappa shape index (κ2) is 9.81. The minimum Gasteiger partial charge on any atom is -0.481 e. The van der Waals surface area contributed by atoms with Gasteiger partial charge in [-0.15, -0.1) is 0 Å². The summed E-state index contributed by atoms with van der Waals surface area (Å²) in [5.74, 6) is -0.712. The van der Waals surface area contributed by atoms with Crippen LogP contribution in [-0.4, -0.2) is 45.7 Å². The molecule has 5 aliphatic heterocycles. The van der Waals surface area contributed by atoms with Gasteiger partial charge in [0.1, 0.15) is 6.54 Å². The van der Waals surface area contributed by atoms with E-state index in [2.05, 4.69) is 113 Å². The minimum atomic E-state index is -0.712. The maximum absolute atomic E-state index is 11.4. The minimum absolute atomic E-state index is 0.0355. The van der Waals surface area contributed by atoms with Crippen LogP contribution in [0.4, 0.5) is 11.4 Å². The molecule has 0 radical (unpaired) electrons. The average molecular weight is 632 g/mol. The standard InChI is InChI=1S/C42H50N2O3/c1-26-12-14-33-29(21-26)38(3,4)36-31-23-28-24-32-37-40(6,16-10-9-11-35(45)46)30-22-27(2)13-15-34(30)44(37)20-18-41(32,7)47-42(28,8)25-39(31,5)17-19-43(33)36/h12-15,21-24H,9-11,16-20,25H2,1-8H3/p+1/t39-,40?,41-,42+/m0/s1. The van der Waals surface area contributed by atoms with Crippen LogP contribution >= 0.6 is 0 Å². The Morgan fingerprint density at radius 3 is 2.38 bits per heavy atom. The molecule has 8 rings (SSSR count). The molecule has 5 nitrogen and oxygen atoms in total. The smallest absolute Gasteiger partial charge is 0.303 e. The third-order valence-corrected chi connectivity index (χ3v) is 12.9. The Hall–Kier alpha value is -3.44. The van der Waals surface area contributed by atoms with Crippen LogP contribution in [0.3, 0.4) is 0 Å². The Kier molecular flexibility index (Phi) is 6.44. The Balaban J connectivity index is 1.31. The molecule has 2 aromatic rings. The van der Waals surface area contributed by atoms with Crippen molar-refractivity contribution in [2.24, 2.45) is 5.41 Å². The van der Waals surface area contributed by atoms with Crippen molar-refractivity contribution in [3.05, 3.63) is 93.2 Å². The fourth-order valence-electron chi connectivity index (χ4n) is 10.6. The van der Waals surface area contributed by atoms with Crippen molar-refractivity contribution >= 4 is 23.1 Å². The van der Waals surface area contributed by atoms with Crippen LogP contribution in [0.2, 0.25) is 0 Å². The van der Waals surface area contributed by atoms with E-state index in [-0.39, 0.29) is 33.9 Å². The van der Waals surface area contributed by atoms with Gasteiger partial charge in [-0.2, -0.15) is 4.58 Å². The van der Waals surface area contributed by atoms with Gasteiger partial charge >= 0.3 is 5.97 Å². The van der Waals surface area contributed by atoms with Gasteiger partial charge in [0.15, 0.2) is 5.71 Å². The van der Waals surface area contributed by atoms with E-state index in [0.717, 1.165) is 45.2 Å². The topological polar surface area (TPSA) is 52.8 Å². The van der Waals surface area contributed by atoms with Gasteiger partial charge in [-0.1, -0.05) is 42.7 Å². The van der Waals surface area contributed by atoms with E-state index in [4.69, 9.17) is 4.74 Å². The second-order valence-corrected chi connectivity index (χ2v) is 17.0. The molecule has 47 heavy (non-hydrogen) atoms. The lowest BCUT2D eigenvalue weighted by atomic mass is 9.58. The van der Waals surface area contributed by atoms with E-state index in [0.29, 0.717) is 6.42 Å². The molecular weight excluding hydrogens is 580 g/mol. The predicted octanol–water partition coefficient (Wildman–Crippen LogP) is 8.97. The van der Waals surface area contributed by atoms with Crippen LogP contribution in [0.25, 0.3) is 0 Å². The van der Waals surface area contributed by atoms with Gasteiger partial charge in [0, 0.05) is 64.4 Å². The van der Waals surface area contributed by atoms with E-state index < -0.39 is 5.97 Å². The van der Waals surface area contributed by atoms with Crippen molar-refractivity contribution < 1.29 is 19.2 Å². The van der Waals surface area contributed by atoms with Crippen molar-refractivity contribution in [3.8, 4) is 0 Å². The Labute approximate surface area is 280 Å². The summed E-state index contributed by atoms with van der Waals surface area (Å²) in [6.45, 7) is 20.8. The van der Waals surface area contributed by atoms with Crippen molar-refractivity contribution in [1.82, 2.24) is 0 Å². The molecule has 0 saturated heterocycles. The summed E-state index contributed by atoms with van der Waals surface area (Å²) in [5, 5.41) is 9.37. The highest BCUT2D eigenvalue weighted by Crippen LogP contribution is 2.61. The number of ether oxygens (including phenoxy) is 1. The third-order valence-electron chi connectivity index (χ3n) is 12.9. The van der Waals surface area contributed by atoms with Gasteiger partial charge in [0.2, 0.25) is 5.69 Å². The van der Waals surface area contributed by atoms with E-state index >= 15 is 0 Å². The van der Waals surface area contributed by atoms with Gasteiger partial charge < -0.3 is 14.7 Å². The van der Waals surface area contributed by atoms with Gasteiger partial charge in [-0.05, 0) is 110 Å². The van der Waals surface area contributed by atoms with E-state index in [1.165, 1.54) is 61.8 Å². The van der Waals surface area contributed by atoms with E-state index in [9.17, 15) is 9.90 Å². The number of benzene rings is 2. The summed E-state index contributed by atoms with van der Waals surface area (Å²) in [6.07, 6.45) is 10.8. The molecule has 1 unspecified atom stereocenters. The van der Waals surface area contributed by atoms with Gasteiger partial charge in [-0.25, -0.2) is 0 Å². The first-order valence-corrected chi connectivity index (χ1v) is 17.9. The number of carbonyl (C=O) groups is 1. The lowest BCUT2D eigenvalue weighted by molar-refractivity contribution is -0.446. The van der Waals surface area contributed by atoms with Gasteiger partial charge in [-0.3, -0.25) is 4.79 Å². The molecule has 1 N–H and O–H groups in total. The first kappa shape index (κ1) is 30.9. The Morgan fingerprint density at radius 1 is 0.915 bits per heavy atom. The number of aryl methyl sites for hydroxylation is 2. The summed E-state index contributed by atoms with van der Waals surface area (Å²) in [6, 6.07) is 13.9. The number of anilines is 1. The highest BCUT2D eigenvalue weighted by molar-refractivity contribution is 6.09. The normalized spacial score (nSPS) is 32.8. The number of aliphatic carboxylic acids is 1. The number of carboxylic acid groups (broad SMARTS) is 1.